The largest absolute Gasteiger partial charge is 0.356 e. The molecular formula is C17H27N5O2. The molecule has 0 radical (unpaired) electrons. The van der Waals surface area contributed by atoms with Crippen molar-refractivity contribution in [3.63, 3.8) is 0 Å². The highest BCUT2D eigenvalue weighted by Crippen LogP contribution is 2.20. The predicted molar refractivity (Wildman–Crippen MR) is 90.4 cm³/mol. The molecule has 0 spiro atoms. The number of carbonyl (C=O) groups excluding carboxylic acids is 2. The van der Waals surface area contributed by atoms with E-state index in [1.54, 1.807) is 6.20 Å². The zero-order chi connectivity index (χ0) is 16.8. The highest BCUT2D eigenvalue weighted by Gasteiger charge is 2.30. The van der Waals surface area contributed by atoms with Gasteiger partial charge >= 0.3 is 6.03 Å². The molecule has 7 nitrogen and oxygen atoms in total. The summed E-state index contributed by atoms with van der Waals surface area (Å²) >= 11 is 0. The van der Waals surface area contributed by atoms with E-state index in [9.17, 15) is 9.59 Å². The number of rotatable bonds is 5. The first-order valence-electron chi connectivity index (χ1n) is 9.03. The van der Waals surface area contributed by atoms with Crippen molar-refractivity contribution in [1.82, 2.24) is 24.9 Å². The second-order valence-electron chi connectivity index (χ2n) is 6.65. The molecule has 0 saturated carbocycles. The summed E-state index contributed by atoms with van der Waals surface area (Å²) < 4.78 is 1.87. The Bertz CT molecular complexity index is 531. The van der Waals surface area contributed by atoms with Gasteiger partial charge in [-0.25, -0.2) is 4.79 Å². The number of aryl methyl sites for hydroxylation is 1. The molecule has 2 saturated heterocycles. The van der Waals surface area contributed by atoms with Gasteiger partial charge in [-0.3, -0.25) is 9.48 Å². The van der Waals surface area contributed by atoms with Gasteiger partial charge in [-0.05, 0) is 38.2 Å². The minimum atomic E-state index is 0.0392. The number of hydrogen-bond donors (Lipinski definition) is 1. The summed E-state index contributed by atoms with van der Waals surface area (Å²) in [5, 5.41) is 7.16. The maximum absolute atomic E-state index is 12.3. The topological polar surface area (TPSA) is 70.5 Å². The Labute approximate surface area is 143 Å². The van der Waals surface area contributed by atoms with Crippen LogP contribution in [-0.4, -0.2) is 64.2 Å². The maximum atomic E-state index is 12.3. The van der Waals surface area contributed by atoms with Crippen LogP contribution < -0.4 is 5.32 Å². The highest BCUT2D eigenvalue weighted by atomic mass is 16.2. The smallest absolute Gasteiger partial charge is 0.319 e. The molecule has 0 aliphatic carbocycles. The first-order valence-corrected chi connectivity index (χ1v) is 9.03. The van der Waals surface area contributed by atoms with E-state index >= 15 is 0 Å². The van der Waals surface area contributed by atoms with E-state index in [1.807, 2.05) is 26.7 Å². The average molecular weight is 333 g/mol. The number of carbonyl (C=O) groups is 2. The Kier molecular flexibility index (Phi) is 5.72. The van der Waals surface area contributed by atoms with Crippen LogP contribution in [0.25, 0.3) is 0 Å². The second kappa shape index (κ2) is 8.17. The standard InChI is InChI=1S/C17H27N5O2/c23-16(18-7-3-11-22-12-4-8-19-22)15-5-13-21(14-6-15)17(24)20-9-1-2-10-20/h4,8,12,15H,1-3,5-7,9-11,13-14H2,(H,18,23). The molecule has 132 valence electrons. The summed E-state index contributed by atoms with van der Waals surface area (Å²) in [6, 6.07) is 2.06. The number of nitrogens with zero attached hydrogens (tertiary/aromatic N) is 4. The van der Waals surface area contributed by atoms with Crippen LogP contribution in [0.3, 0.4) is 0 Å². The van der Waals surface area contributed by atoms with Crippen molar-refractivity contribution in [1.29, 1.82) is 0 Å². The van der Waals surface area contributed by atoms with Gasteiger partial charge in [-0.15, -0.1) is 0 Å². The highest BCUT2D eigenvalue weighted by molar-refractivity contribution is 5.79. The van der Waals surface area contributed by atoms with E-state index in [0.29, 0.717) is 19.6 Å². The lowest BCUT2D eigenvalue weighted by atomic mass is 9.96. The molecule has 1 aromatic heterocycles. The van der Waals surface area contributed by atoms with Gasteiger partial charge in [0.05, 0.1) is 0 Å². The Hall–Kier alpha value is -2.05. The fourth-order valence-electron chi connectivity index (χ4n) is 3.47. The van der Waals surface area contributed by atoms with Gasteiger partial charge in [0.2, 0.25) is 5.91 Å². The minimum Gasteiger partial charge on any atom is -0.356 e. The summed E-state index contributed by atoms with van der Waals surface area (Å²) in [6.07, 6.45) is 8.33. The van der Waals surface area contributed by atoms with Crippen LogP contribution in [0.5, 0.6) is 0 Å². The van der Waals surface area contributed by atoms with Crippen LogP contribution in [0.2, 0.25) is 0 Å². The van der Waals surface area contributed by atoms with Crippen molar-refractivity contribution in [2.75, 3.05) is 32.7 Å². The molecule has 2 aliphatic rings. The number of piperidine rings is 1. The minimum absolute atomic E-state index is 0.0392. The third-order valence-electron chi connectivity index (χ3n) is 4.94. The van der Waals surface area contributed by atoms with Gasteiger partial charge in [0.1, 0.15) is 0 Å². The van der Waals surface area contributed by atoms with E-state index in [4.69, 9.17) is 0 Å². The fraction of sp³-hybridized carbons (Fsp3) is 0.706. The Balaban J connectivity index is 1.33. The molecule has 2 aliphatic heterocycles. The summed E-state index contributed by atoms with van der Waals surface area (Å²) in [6.45, 7) is 4.65. The van der Waals surface area contributed by atoms with E-state index < -0.39 is 0 Å². The lowest BCUT2D eigenvalue weighted by Crippen LogP contribution is -2.47. The maximum Gasteiger partial charge on any atom is 0.319 e. The van der Waals surface area contributed by atoms with Crippen molar-refractivity contribution in [3.8, 4) is 0 Å². The first-order chi connectivity index (χ1) is 11.7. The van der Waals surface area contributed by atoms with Crippen LogP contribution in [0.1, 0.15) is 32.1 Å². The van der Waals surface area contributed by atoms with Gasteiger partial charge in [0.15, 0.2) is 0 Å². The zero-order valence-electron chi connectivity index (χ0n) is 14.2. The number of aromatic nitrogens is 2. The van der Waals surface area contributed by atoms with Crippen LogP contribution in [0, 0.1) is 5.92 Å². The normalized spacial score (nSPS) is 18.8. The SMILES string of the molecule is O=C(NCCCn1cccn1)C1CCN(C(=O)N2CCCC2)CC1. The summed E-state index contributed by atoms with van der Waals surface area (Å²) in [5.74, 6) is 0.168. The molecule has 2 fully saturated rings. The number of nitrogens with one attached hydrogen (secondary N) is 1. The predicted octanol–water partition coefficient (Wildman–Crippen LogP) is 1.32. The summed E-state index contributed by atoms with van der Waals surface area (Å²) in [7, 11) is 0. The van der Waals surface area contributed by atoms with Crippen LogP contribution in [-0.2, 0) is 11.3 Å². The Morgan fingerprint density at radius 3 is 2.46 bits per heavy atom. The molecule has 3 amide bonds. The van der Waals surface area contributed by atoms with Crippen molar-refractivity contribution < 1.29 is 9.59 Å². The number of urea groups is 1. The van der Waals surface area contributed by atoms with Crippen molar-refractivity contribution in [2.24, 2.45) is 5.92 Å². The molecule has 0 aromatic carbocycles. The molecule has 1 N–H and O–H groups in total. The molecule has 0 atom stereocenters. The Morgan fingerprint density at radius 1 is 1.08 bits per heavy atom. The average Bonchev–Trinajstić information content (AvgIpc) is 3.31. The second-order valence-corrected chi connectivity index (χ2v) is 6.65. The molecule has 1 aromatic rings. The molecule has 0 bridgehead atoms. The summed E-state index contributed by atoms with van der Waals surface area (Å²) in [4.78, 5) is 28.4. The summed E-state index contributed by atoms with van der Waals surface area (Å²) in [5.41, 5.74) is 0. The zero-order valence-corrected chi connectivity index (χ0v) is 14.2. The lowest BCUT2D eigenvalue weighted by molar-refractivity contribution is -0.126. The molecule has 7 heteroatoms. The molecule has 0 unspecified atom stereocenters. The molecule has 3 heterocycles. The van der Waals surface area contributed by atoms with Crippen LogP contribution in [0.4, 0.5) is 4.79 Å². The Morgan fingerprint density at radius 2 is 1.79 bits per heavy atom. The first kappa shape index (κ1) is 16.8. The third-order valence-corrected chi connectivity index (χ3v) is 4.94. The van der Waals surface area contributed by atoms with E-state index in [1.165, 1.54) is 0 Å². The van der Waals surface area contributed by atoms with Gasteiger partial charge in [-0.2, -0.15) is 5.10 Å². The number of amides is 3. The van der Waals surface area contributed by atoms with Crippen LogP contribution >= 0.6 is 0 Å². The van der Waals surface area contributed by atoms with Gasteiger partial charge < -0.3 is 15.1 Å². The van der Waals surface area contributed by atoms with E-state index in [0.717, 1.165) is 51.7 Å². The molecular weight excluding hydrogens is 306 g/mol. The van der Waals surface area contributed by atoms with Crippen molar-refractivity contribution >= 4 is 11.9 Å². The van der Waals surface area contributed by atoms with Gasteiger partial charge in [-0.1, -0.05) is 0 Å². The third kappa shape index (κ3) is 4.27. The van der Waals surface area contributed by atoms with Crippen molar-refractivity contribution in [2.45, 2.75) is 38.6 Å². The van der Waals surface area contributed by atoms with Gasteiger partial charge in [0, 0.05) is 57.6 Å². The van der Waals surface area contributed by atoms with E-state index in [-0.39, 0.29) is 17.9 Å². The lowest BCUT2D eigenvalue weighted by Gasteiger charge is -2.34. The van der Waals surface area contributed by atoms with Crippen molar-refractivity contribution in [3.05, 3.63) is 18.5 Å². The monoisotopic (exact) mass is 333 g/mol. The quantitative estimate of drug-likeness (QED) is 0.826. The van der Waals surface area contributed by atoms with E-state index in [2.05, 4.69) is 10.4 Å². The van der Waals surface area contributed by atoms with Gasteiger partial charge in [0.25, 0.3) is 0 Å². The fourth-order valence-corrected chi connectivity index (χ4v) is 3.47. The molecule has 24 heavy (non-hydrogen) atoms. The number of hydrogen-bond acceptors (Lipinski definition) is 3. The molecule has 3 rings (SSSR count). The van der Waals surface area contributed by atoms with Crippen LogP contribution in [0.15, 0.2) is 18.5 Å². The number of likely N-dealkylation sites (tertiary alicyclic amines) is 2.